The van der Waals surface area contributed by atoms with Crippen molar-refractivity contribution in [3.63, 3.8) is 0 Å². The van der Waals surface area contributed by atoms with E-state index in [2.05, 4.69) is 39.8 Å². The van der Waals surface area contributed by atoms with Crippen LogP contribution in [-0.4, -0.2) is 23.4 Å². The van der Waals surface area contributed by atoms with E-state index < -0.39 is 0 Å². The third kappa shape index (κ3) is 4.97. The van der Waals surface area contributed by atoms with Gasteiger partial charge in [0.1, 0.15) is 0 Å². The molecule has 1 rings (SSSR count). The van der Waals surface area contributed by atoms with Crippen LogP contribution in [0, 0.1) is 11.8 Å². The number of hydrogen-bond donors (Lipinski definition) is 1. The van der Waals surface area contributed by atoms with E-state index >= 15 is 0 Å². The fourth-order valence-corrected chi connectivity index (χ4v) is 2.40. The number of hydrogen-bond acceptors (Lipinski definition) is 2. The molecule has 0 saturated heterocycles. The minimum Gasteiger partial charge on any atom is -0.336 e. The van der Waals surface area contributed by atoms with Crippen molar-refractivity contribution >= 4 is 5.91 Å². The molecule has 1 aromatic rings. The topological polar surface area (TPSA) is 46.3 Å². The zero-order chi connectivity index (χ0) is 15.1. The van der Waals surface area contributed by atoms with Crippen molar-refractivity contribution < 1.29 is 4.79 Å². The minimum atomic E-state index is -0.0684. The fraction of sp³-hybridized carbons (Fsp3) is 0.588. The van der Waals surface area contributed by atoms with Crippen molar-refractivity contribution in [3.05, 3.63) is 35.9 Å². The molecule has 1 amide bonds. The summed E-state index contributed by atoms with van der Waals surface area (Å²) >= 11 is 0. The normalized spacial score (nSPS) is 12.8. The van der Waals surface area contributed by atoms with Gasteiger partial charge in [-0.15, -0.1) is 0 Å². The zero-order valence-electron chi connectivity index (χ0n) is 13.2. The summed E-state index contributed by atoms with van der Waals surface area (Å²) in [6.45, 7) is 9.47. The molecular formula is C17H28N2O. The Balaban J connectivity index is 2.81. The molecule has 20 heavy (non-hydrogen) atoms. The molecular weight excluding hydrogens is 248 g/mol. The average molecular weight is 276 g/mol. The Morgan fingerprint density at radius 1 is 1.15 bits per heavy atom. The Morgan fingerprint density at radius 3 is 2.20 bits per heavy atom. The number of amides is 1. The maximum atomic E-state index is 12.7. The first-order valence-electron chi connectivity index (χ1n) is 7.50. The fourth-order valence-electron chi connectivity index (χ4n) is 2.40. The Kier molecular flexibility index (Phi) is 6.73. The van der Waals surface area contributed by atoms with Gasteiger partial charge in [-0.05, 0) is 31.7 Å². The van der Waals surface area contributed by atoms with Crippen molar-refractivity contribution in [1.82, 2.24) is 4.90 Å². The Bertz CT molecular complexity index is 401. The molecule has 0 heterocycles. The summed E-state index contributed by atoms with van der Waals surface area (Å²) in [5.41, 5.74) is 6.97. The number of nitrogens with two attached hydrogens (primary N) is 1. The lowest BCUT2D eigenvalue weighted by atomic mass is 9.95. The van der Waals surface area contributed by atoms with Gasteiger partial charge >= 0.3 is 0 Å². The molecule has 3 heteroatoms. The van der Waals surface area contributed by atoms with E-state index in [0.29, 0.717) is 19.0 Å². The zero-order valence-corrected chi connectivity index (χ0v) is 13.2. The first-order chi connectivity index (χ1) is 9.45. The van der Waals surface area contributed by atoms with E-state index in [1.165, 1.54) is 0 Å². The van der Waals surface area contributed by atoms with Gasteiger partial charge in [0, 0.05) is 19.1 Å². The lowest BCUT2D eigenvalue weighted by molar-refractivity contribution is -0.138. The van der Waals surface area contributed by atoms with Crippen LogP contribution in [0.1, 0.15) is 39.7 Å². The third-order valence-corrected chi connectivity index (χ3v) is 3.49. The van der Waals surface area contributed by atoms with Gasteiger partial charge in [0.2, 0.25) is 5.91 Å². The first-order valence-corrected chi connectivity index (χ1v) is 7.50. The highest BCUT2D eigenvalue weighted by molar-refractivity contribution is 5.79. The van der Waals surface area contributed by atoms with E-state index in [9.17, 15) is 4.79 Å². The summed E-state index contributed by atoms with van der Waals surface area (Å²) in [6, 6.07) is 10.3. The summed E-state index contributed by atoms with van der Waals surface area (Å²) in [7, 11) is 0. The van der Waals surface area contributed by atoms with E-state index in [4.69, 9.17) is 5.73 Å². The molecule has 0 fully saturated rings. The molecule has 0 saturated carbocycles. The largest absolute Gasteiger partial charge is 0.336 e. The molecule has 0 aliphatic rings. The van der Waals surface area contributed by atoms with Crippen molar-refractivity contribution in [1.29, 1.82) is 0 Å². The number of carbonyl (C=O) groups is 1. The average Bonchev–Trinajstić information content (AvgIpc) is 2.42. The van der Waals surface area contributed by atoms with Gasteiger partial charge in [-0.3, -0.25) is 4.79 Å². The quantitative estimate of drug-likeness (QED) is 0.832. The molecule has 1 atom stereocenters. The number of carbonyl (C=O) groups excluding carboxylic acids is 1. The van der Waals surface area contributed by atoms with E-state index in [-0.39, 0.29) is 17.9 Å². The summed E-state index contributed by atoms with van der Waals surface area (Å²) in [5, 5.41) is 0. The Hall–Kier alpha value is -1.35. The molecule has 1 aromatic carbocycles. The van der Waals surface area contributed by atoms with Crippen LogP contribution in [0.3, 0.4) is 0 Å². The summed E-state index contributed by atoms with van der Waals surface area (Å²) in [6.07, 6.45) is 0.855. The van der Waals surface area contributed by atoms with Crippen LogP contribution in [0.15, 0.2) is 30.3 Å². The van der Waals surface area contributed by atoms with Crippen LogP contribution in [0.5, 0.6) is 0 Å². The second-order valence-electron chi connectivity index (χ2n) is 6.11. The molecule has 2 N–H and O–H groups in total. The molecule has 3 nitrogen and oxygen atoms in total. The van der Waals surface area contributed by atoms with Crippen LogP contribution in [0.25, 0.3) is 0 Å². The van der Waals surface area contributed by atoms with E-state index in [1.807, 2.05) is 23.1 Å². The Morgan fingerprint density at radius 2 is 1.75 bits per heavy atom. The predicted molar refractivity (Wildman–Crippen MR) is 84.1 cm³/mol. The summed E-state index contributed by atoms with van der Waals surface area (Å²) in [5.74, 6) is 0.597. The first kappa shape index (κ1) is 16.7. The van der Waals surface area contributed by atoms with E-state index in [1.54, 1.807) is 0 Å². The van der Waals surface area contributed by atoms with Gasteiger partial charge in [-0.2, -0.15) is 0 Å². The molecule has 0 aliphatic heterocycles. The predicted octanol–water partition coefficient (Wildman–Crippen LogP) is 3.04. The van der Waals surface area contributed by atoms with Crippen LogP contribution in [0.4, 0.5) is 0 Å². The number of benzene rings is 1. The van der Waals surface area contributed by atoms with Gasteiger partial charge in [0.25, 0.3) is 0 Å². The molecule has 0 aliphatic carbocycles. The second-order valence-corrected chi connectivity index (χ2v) is 6.11. The highest BCUT2D eigenvalue weighted by Crippen LogP contribution is 2.17. The van der Waals surface area contributed by atoms with Gasteiger partial charge in [-0.1, -0.05) is 44.2 Å². The maximum absolute atomic E-state index is 12.7. The lowest BCUT2D eigenvalue weighted by Gasteiger charge is -2.31. The molecule has 0 spiro atoms. The van der Waals surface area contributed by atoms with Crippen LogP contribution in [0.2, 0.25) is 0 Å². The SMILES string of the molecule is CC(C)CC(CN)C(=O)N(Cc1ccccc1)C(C)C. The van der Waals surface area contributed by atoms with Crippen molar-refractivity contribution in [2.45, 2.75) is 46.7 Å². The van der Waals surface area contributed by atoms with Gasteiger partial charge in [0.05, 0.1) is 5.92 Å². The summed E-state index contributed by atoms with van der Waals surface area (Å²) < 4.78 is 0. The standard InChI is InChI=1S/C17H28N2O/c1-13(2)10-16(11-18)17(20)19(14(3)4)12-15-8-6-5-7-9-15/h5-9,13-14,16H,10-12,18H2,1-4H3. The van der Waals surface area contributed by atoms with Gasteiger partial charge in [0.15, 0.2) is 0 Å². The molecule has 0 bridgehead atoms. The monoisotopic (exact) mass is 276 g/mol. The Labute approximate surface area is 123 Å². The number of nitrogens with zero attached hydrogens (tertiary/aromatic N) is 1. The molecule has 112 valence electrons. The highest BCUT2D eigenvalue weighted by Gasteiger charge is 2.25. The second kappa shape index (κ2) is 8.05. The van der Waals surface area contributed by atoms with Crippen molar-refractivity contribution in [3.8, 4) is 0 Å². The number of rotatable bonds is 7. The van der Waals surface area contributed by atoms with Gasteiger partial charge in [-0.25, -0.2) is 0 Å². The molecule has 0 aromatic heterocycles. The maximum Gasteiger partial charge on any atom is 0.227 e. The third-order valence-electron chi connectivity index (χ3n) is 3.49. The summed E-state index contributed by atoms with van der Waals surface area (Å²) in [4.78, 5) is 14.6. The van der Waals surface area contributed by atoms with E-state index in [0.717, 1.165) is 12.0 Å². The van der Waals surface area contributed by atoms with Crippen LogP contribution < -0.4 is 5.73 Å². The highest BCUT2D eigenvalue weighted by atomic mass is 16.2. The van der Waals surface area contributed by atoms with Crippen molar-refractivity contribution in [2.24, 2.45) is 17.6 Å². The van der Waals surface area contributed by atoms with Crippen molar-refractivity contribution in [2.75, 3.05) is 6.54 Å². The molecule has 1 unspecified atom stereocenters. The van der Waals surface area contributed by atoms with Crippen LogP contribution >= 0.6 is 0 Å². The minimum absolute atomic E-state index is 0.0684. The molecule has 0 radical (unpaired) electrons. The smallest absolute Gasteiger partial charge is 0.227 e. The lowest BCUT2D eigenvalue weighted by Crippen LogP contribution is -2.43. The van der Waals surface area contributed by atoms with Crippen LogP contribution in [-0.2, 0) is 11.3 Å². The van der Waals surface area contributed by atoms with Gasteiger partial charge < -0.3 is 10.6 Å².